The van der Waals surface area contributed by atoms with E-state index >= 15 is 0 Å². The predicted octanol–water partition coefficient (Wildman–Crippen LogP) is 4.44. The molecule has 0 aliphatic heterocycles. The fraction of sp³-hybridized carbons (Fsp3) is 0.364. The van der Waals surface area contributed by atoms with Gasteiger partial charge in [0.05, 0.1) is 12.3 Å². The molecule has 1 rings (SSSR count). The van der Waals surface area contributed by atoms with E-state index in [1.807, 2.05) is 38.1 Å². The van der Waals surface area contributed by atoms with Crippen LogP contribution in [0.2, 0.25) is 0 Å². The van der Waals surface area contributed by atoms with Crippen molar-refractivity contribution >= 4 is 45.4 Å². The van der Waals surface area contributed by atoms with E-state index in [0.29, 0.717) is 0 Å². The Morgan fingerprint density at radius 1 is 1.33 bits per heavy atom. The van der Waals surface area contributed by atoms with Crippen LogP contribution >= 0.6 is 27.4 Å². The van der Waals surface area contributed by atoms with Gasteiger partial charge in [-0.05, 0) is 78.0 Å². The van der Waals surface area contributed by atoms with Crippen LogP contribution in [0.25, 0.3) is 0 Å². The minimum Gasteiger partial charge on any atom is -0.491 e. The summed E-state index contributed by atoms with van der Waals surface area (Å²) in [6.45, 7) is 3.97. The molecule has 0 aliphatic carbocycles. The van der Waals surface area contributed by atoms with Gasteiger partial charge in [0.1, 0.15) is 5.75 Å². The van der Waals surface area contributed by atoms with Gasteiger partial charge in [-0.2, -0.15) is 5.10 Å². The van der Waals surface area contributed by atoms with Crippen molar-refractivity contribution in [1.82, 2.24) is 4.78 Å². The Morgan fingerprint density at radius 3 is 2.33 bits per heavy atom. The highest BCUT2D eigenvalue weighted by atomic mass is 35.9. The van der Waals surface area contributed by atoms with Crippen LogP contribution in [0.1, 0.15) is 19.4 Å². The first-order valence-electron chi connectivity index (χ1n) is 5.33. The molecule has 0 spiro atoms. The summed E-state index contributed by atoms with van der Waals surface area (Å²) in [5, 5.41) is 4.11. The molecule has 18 heavy (non-hydrogen) atoms. The SMILES string of the molecule is CC(C)Oc1ccc(/C=N/N(C)P(=S)(Cl)Cl)cc1. The molecule has 0 aromatic heterocycles. The maximum absolute atomic E-state index is 5.82. The molecule has 1 aromatic carbocycles. The number of hydrogen-bond donors (Lipinski definition) is 0. The van der Waals surface area contributed by atoms with Gasteiger partial charge in [-0.3, -0.25) is 0 Å². The highest BCUT2D eigenvalue weighted by Crippen LogP contribution is 2.59. The number of ether oxygens (including phenoxy) is 1. The van der Waals surface area contributed by atoms with Gasteiger partial charge in [0.2, 0.25) is 4.89 Å². The molecule has 0 unspecified atom stereocenters. The molecule has 0 amide bonds. The van der Waals surface area contributed by atoms with E-state index in [2.05, 4.69) is 5.10 Å². The van der Waals surface area contributed by atoms with Gasteiger partial charge in [0, 0.05) is 7.05 Å². The summed E-state index contributed by atoms with van der Waals surface area (Å²) in [6.07, 6.45) is 1.82. The highest BCUT2D eigenvalue weighted by molar-refractivity contribution is 8.37. The van der Waals surface area contributed by atoms with Crippen LogP contribution in [0.15, 0.2) is 29.4 Å². The van der Waals surface area contributed by atoms with Gasteiger partial charge in [-0.15, -0.1) is 0 Å². The third-order valence-corrected chi connectivity index (χ3v) is 4.76. The lowest BCUT2D eigenvalue weighted by molar-refractivity contribution is 0.242. The largest absolute Gasteiger partial charge is 0.491 e. The molecule has 0 atom stereocenters. The van der Waals surface area contributed by atoms with Crippen molar-refractivity contribution < 1.29 is 4.74 Å². The Bertz CT molecular complexity index is 459. The second kappa shape index (κ2) is 6.76. The van der Waals surface area contributed by atoms with Crippen LogP contribution in [0.3, 0.4) is 0 Å². The monoisotopic (exact) mass is 324 g/mol. The van der Waals surface area contributed by atoms with Gasteiger partial charge >= 0.3 is 0 Å². The van der Waals surface area contributed by atoms with E-state index in [1.165, 1.54) is 4.78 Å². The molecule has 0 heterocycles. The van der Waals surface area contributed by atoms with E-state index in [1.54, 1.807) is 13.3 Å². The Balaban J connectivity index is 2.69. The third-order valence-electron chi connectivity index (χ3n) is 1.96. The zero-order valence-corrected chi connectivity index (χ0v) is 13.6. The lowest BCUT2D eigenvalue weighted by Crippen LogP contribution is -2.05. The Labute approximate surface area is 122 Å². The van der Waals surface area contributed by atoms with Crippen molar-refractivity contribution in [3.05, 3.63) is 29.8 Å². The molecule has 0 saturated carbocycles. The number of hydrazone groups is 1. The van der Waals surface area contributed by atoms with Crippen molar-refractivity contribution in [2.75, 3.05) is 7.05 Å². The summed E-state index contributed by atoms with van der Waals surface area (Å²) in [6, 6.07) is 7.58. The van der Waals surface area contributed by atoms with Crippen molar-refractivity contribution in [3.8, 4) is 5.75 Å². The first kappa shape index (κ1) is 15.8. The lowest BCUT2D eigenvalue weighted by Gasteiger charge is -2.16. The molecule has 0 radical (unpaired) electrons. The van der Waals surface area contributed by atoms with Crippen molar-refractivity contribution in [2.45, 2.75) is 20.0 Å². The average molecular weight is 325 g/mol. The lowest BCUT2D eigenvalue weighted by atomic mass is 10.2. The molecule has 0 bridgehead atoms. The summed E-state index contributed by atoms with van der Waals surface area (Å²) in [5.74, 6) is 0.829. The van der Waals surface area contributed by atoms with Gasteiger partial charge in [0.25, 0.3) is 0 Å². The maximum atomic E-state index is 5.82. The van der Waals surface area contributed by atoms with Crippen molar-refractivity contribution in [1.29, 1.82) is 0 Å². The second-order valence-electron chi connectivity index (χ2n) is 3.90. The summed E-state index contributed by atoms with van der Waals surface area (Å²) in [5.41, 5.74) is 0.926. The van der Waals surface area contributed by atoms with Crippen LogP contribution in [0.4, 0.5) is 0 Å². The van der Waals surface area contributed by atoms with Gasteiger partial charge in [-0.25, -0.2) is 4.78 Å². The fourth-order valence-corrected chi connectivity index (χ4v) is 1.65. The maximum Gasteiger partial charge on any atom is 0.222 e. The van der Waals surface area contributed by atoms with Gasteiger partial charge in [0.15, 0.2) is 0 Å². The minimum absolute atomic E-state index is 0.161. The molecule has 0 fully saturated rings. The smallest absolute Gasteiger partial charge is 0.222 e. The standard InChI is InChI=1S/C11H15Cl2N2OPS/c1-9(2)16-11-6-4-10(5-7-11)8-14-15(3)17(12,13)18/h4-9H,1-3H3/b14-8+. The Hall–Kier alpha value is -0.280. The van der Waals surface area contributed by atoms with E-state index in [-0.39, 0.29) is 6.10 Å². The van der Waals surface area contributed by atoms with Crippen LogP contribution in [-0.4, -0.2) is 24.1 Å². The minimum atomic E-state index is -2.53. The van der Waals surface area contributed by atoms with Crippen LogP contribution in [0, 0.1) is 0 Å². The topological polar surface area (TPSA) is 24.8 Å². The molecular weight excluding hydrogens is 310 g/mol. The molecular formula is C11H15Cl2N2OPS. The molecule has 1 aromatic rings. The number of nitrogens with zero attached hydrogens (tertiary/aromatic N) is 2. The summed E-state index contributed by atoms with van der Waals surface area (Å²) < 4.78 is 6.95. The van der Waals surface area contributed by atoms with E-state index < -0.39 is 4.89 Å². The highest BCUT2D eigenvalue weighted by Gasteiger charge is 2.12. The predicted molar refractivity (Wildman–Crippen MR) is 83.6 cm³/mol. The Morgan fingerprint density at radius 2 is 1.89 bits per heavy atom. The quantitative estimate of drug-likeness (QED) is 0.454. The van der Waals surface area contributed by atoms with E-state index in [4.69, 9.17) is 39.0 Å². The van der Waals surface area contributed by atoms with Gasteiger partial charge in [-0.1, -0.05) is 0 Å². The van der Waals surface area contributed by atoms with E-state index in [9.17, 15) is 0 Å². The second-order valence-corrected chi connectivity index (χ2v) is 11.6. The van der Waals surface area contributed by atoms with Crippen LogP contribution < -0.4 is 4.74 Å². The average Bonchev–Trinajstić information content (AvgIpc) is 2.25. The number of halogens is 2. The summed E-state index contributed by atoms with van der Waals surface area (Å²) in [4.78, 5) is -2.53. The molecule has 0 N–H and O–H groups in total. The fourth-order valence-electron chi connectivity index (χ4n) is 1.11. The molecule has 7 heteroatoms. The first-order chi connectivity index (χ1) is 8.29. The molecule has 0 saturated heterocycles. The number of rotatable bonds is 5. The Kier molecular flexibility index (Phi) is 5.93. The van der Waals surface area contributed by atoms with Crippen molar-refractivity contribution in [3.63, 3.8) is 0 Å². The summed E-state index contributed by atoms with van der Waals surface area (Å²) >= 11 is 16.6. The number of hydrogen-bond acceptors (Lipinski definition) is 3. The molecule has 100 valence electrons. The third kappa shape index (κ3) is 5.57. The zero-order chi connectivity index (χ0) is 13.8. The van der Waals surface area contributed by atoms with Crippen LogP contribution in [0.5, 0.6) is 5.75 Å². The van der Waals surface area contributed by atoms with Crippen molar-refractivity contribution in [2.24, 2.45) is 5.10 Å². The summed E-state index contributed by atoms with van der Waals surface area (Å²) in [7, 11) is 1.66. The van der Waals surface area contributed by atoms with E-state index in [0.717, 1.165) is 11.3 Å². The number of benzene rings is 1. The first-order valence-corrected chi connectivity index (χ1v) is 9.90. The molecule has 0 aliphatic rings. The molecule has 3 nitrogen and oxygen atoms in total. The normalized spacial score (nSPS) is 12.1. The van der Waals surface area contributed by atoms with Crippen LogP contribution in [-0.2, 0) is 11.8 Å². The zero-order valence-electron chi connectivity index (χ0n) is 10.4. The van der Waals surface area contributed by atoms with Gasteiger partial charge < -0.3 is 4.74 Å².